The van der Waals surface area contributed by atoms with Crippen molar-refractivity contribution in [3.05, 3.63) is 16.9 Å². The molecule has 106 valence electrons. The second kappa shape index (κ2) is 6.12. The summed E-state index contributed by atoms with van der Waals surface area (Å²) in [5, 5.41) is 2.29. The molecule has 20 heavy (non-hydrogen) atoms. The number of rotatable bonds is 3. The number of pyridine rings is 1. The van der Waals surface area contributed by atoms with E-state index in [0.717, 1.165) is 0 Å². The Morgan fingerprint density at radius 2 is 1.95 bits per heavy atom. The van der Waals surface area contributed by atoms with Gasteiger partial charge in [-0.15, -0.1) is 0 Å². The minimum absolute atomic E-state index is 0.389. The lowest BCUT2D eigenvalue weighted by Crippen LogP contribution is -2.38. The summed E-state index contributed by atoms with van der Waals surface area (Å²) >= 11 is 3.27. The van der Waals surface area contributed by atoms with Gasteiger partial charge in [0.15, 0.2) is 5.75 Å². The second-order valence-corrected chi connectivity index (χ2v) is 7.16. The van der Waals surface area contributed by atoms with E-state index in [1.807, 2.05) is 44.3 Å². The van der Waals surface area contributed by atoms with Crippen molar-refractivity contribution < 1.29 is 14.3 Å². The van der Waals surface area contributed by atoms with Gasteiger partial charge in [-0.3, -0.25) is 5.32 Å². The molecule has 0 aromatic carbocycles. The van der Waals surface area contributed by atoms with Crippen molar-refractivity contribution in [2.24, 2.45) is 0 Å². The molecule has 0 unspecified atom stereocenters. The van der Waals surface area contributed by atoms with Gasteiger partial charge >= 0.3 is 6.09 Å². The van der Waals surface area contributed by atoms with Crippen LogP contribution in [-0.4, -0.2) is 45.5 Å². The Balaban J connectivity index is 2.93. The molecule has 9 heteroatoms. The van der Waals surface area contributed by atoms with Crippen molar-refractivity contribution in [2.45, 2.75) is 31.7 Å². The molecule has 1 heterocycles. The molecule has 0 atom stereocenters. The smallest absolute Gasteiger partial charge is 0.412 e. The maximum Gasteiger partial charge on any atom is 0.412 e. The van der Waals surface area contributed by atoms with E-state index in [2.05, 4.69) is 26.2 Å². The highest BCUT2D eigenvalue weighted by molar-refractivity contribution is 9.10. The Bertz CT molecular complexity index is 501. The van der Waals surface area contributed by atoms with E-state index >= 15 is 0 Å². The molecule has 0 aliphatic heterocycles. The fraction of sp³-hybridized carbons (Fsp3) is 0.455. The van der Waals surface area contributed by atoms with Crippen molar-refractivity contribution in [3.63, 3.8) is 0 Å². The number of anilines is 1. The molecule has 0 aliphatic carbocycles. The molecule has 0 bridgehead atoms. The predicted molar refractivity (Wildman–Crippen MR) is 90.8 cm³/mol. The van der Waals surface area contributed by atoms with E-state index in [-0.39, 0.29) is 5.30 Å². The van der Waals surface area contributed by atoms with Crippen LogP contribution in [0.1, 0.15) is 20.8 Å². The largest absolute Gasteiger partial charge is 0.510 e. The van der Waals surface area contributed by atoms with Crippen LogP contribution in [0, 0.1) is 0 Å². The topological polar surface area (TPSA) is 60.5 Å². The van der Waals surface area contributed by atoms with E-state index in [4.69, 9.17) is 9.47 Å². The molecule has 0 saturated carbocycles. The van der Waals surface area contributed by atoms with Crippen LogP contribution in [0.3, 0.4) is 0 Å². The zero-order chi connectivity index (χ0) is 15.6. The zero-order valence-electron chi connectivity index (χ0n) is 12.7. The molecule has 0 aliphatic rings. The summed E-state index contributed by atoms with van der Waals surface area (Å²) in [7, 11) is 5.77. The number of nitrogens with one attached hydrogen (secondary N) is 1. The van der Waals surface area contributed by atoms with Crippen LogP contribution in [-0.2, 0) is 4.74 Å². The number of nitrogens with zero attached hydrogens (tertiary/aromatic N) is 1. The molecule has 1 N–H and O–H groups in total. The number of carbonyl (C=O) groups excluding carboxylic acids is 1. The van der Waals surface area contributed by atoms with Crippen LogP contribution >= 0.6 is 15.9 Å². The number of aromatic nitrogens is 1. The van der Waals surface area contributed by atoms with Gasteiger partial charge in [0, 0.05) is 5.30 Å². The Labute approximate surface area is 130 Å². The third kappa shape index (κ3) is 6.37. The molecular formula is C11H18B3BrN2O3. The van der Waals surface area contributed by atoms with E-state index in [1.54, 1.807) is 12.3 Å². The number of ether oxygens (including phenoxy) is 2. The first kappa shape index (κ1) is 16.9. The van der Waals surface area contributed by atoms with Crippen LogP contribution in [0.15, 0.2) is 16.9 Å². The number of amides is 1. The normalized spacial score (nSPS) is 11.8. The molecule has 0 saturated heterocycles. The zero-order valence-corrected chi connectivity index (χ0v) is 14.3. The molecule has 5 nitrogen and oxygen atoms in total. The Morgan fingerprint density at radius 1 is 1.35 bits per heavy atom. The van der Waals surface area contributed by atoms with Gasteiger partial charge in [0.05, 0.1) is 11.9 Å². The highest BCUT2D eigenvalue weighted by Crippen LogP contribution is 2.28. The molecule has 1 rings (SSSR count). The summed E-state index contributed by atoms with van der Waals surface area (Å²) < 4.78 is 11.6. The highest BCUT2D eigenvalue weighted by atomic mass is 79.9. The summed E-state index contributed by atoms with van der Waals surface area (Å²) in [5.41, 5.74) is -0.0459. The van der Waals surface area contributed by atoms with Crippen LogP contribution < -0.4 is 10.1 Å². The minimum Gasteiger partial charge on any atom is -0.510 e. The maximum absolute atomic E-state index is 11.8. The summed E-state index contributed by atoms with van der Waals surface area (Å²) in [6, 6.07) is 1.67. The average Bonchev–Trinajstić information content (AvgIpc) is 2.17. The summed E-state index contributed by atoms with van der Waals surface area (Å²) in [4.78, 5) is 15.9. The van der Waals surface area contributed by atoms with Crippen molar-refractivity contribution in [1.29, 1.82) is 0 Å². The third-order valence-corrected chi connectivity index (χ3v) is 2.32. The van der Waals surface area contributed by atoms with E-state index in [9.17, 15) is 4.79 Å². The van der Waals surface area contributed by atoms with E-state index in [1.165, 1.54) is 0 Å². The highest BCUT2D eigenvalue weighted by Gasteiger charge is 2.20. The lowest BCUT2D eigenvalue weighted by molar-refractivity contribution is 0.0635. The van der Waals surface area contributed by atoms with Crippen molar-refractivity contribution in [3.8, 4) is 5.75 Å². The number of hydrogen-bond donors (Lipinski definition) is 1. The van der Waals surface area contributed by atoms with Crippen molar-refractivity contribution in [2.75, 3.05) is 5.32 Å². The van der Waals surface area contributed by atoms with Gasteiger partial charge in [-0.2, -0.15) is 0 Å². The van der Waals surface area contributed by atoms with Gasteiger partial charge in [-0.25, -0.2) is 9.78 Å². The van der Waals surface area contributed by atoms with Crippen LogP contribution in [0.25, 0.3) is 0 Å². The molecular weight excluding hydrogens is 320 g/mol. The van der Waals surface area contributed by atoms with Gasteiger partial charge in [-0.1, -0.05) is 0 Å². The van der Waals surface area contributed by atoms with Crippen molar-refractivity contribution >= 4 is 51.2 Å². The van der Waals surface area contributed by atoms with Gasteiger partial charge in [0.1, 0.15) is 33.7 Å². The molecule has 1 amide bonds. The second-order valence-electron chi connectivity index (χ2n) is 6.34. The summed E-state index contributed by atoms with van der Waals surface area (Å²) in [5.74, 6) is 0.492. The first-order valence-corrected chi connectivity index (χ1v) is 7.10. The average molecular weight is 339 g/mol. The number of halogens is 1. The molecule has 0 radical (unpaired) electrons. The fourth-order valence-electron chi connectivity index (χ4n) is 1.34. The SMILES string of the molecule is BC(B)(B)Oc1cnc(Br)cc1NC(=O)OC(C)(C)C. The monoisotopic (exact) mass is 338 g/mol. The van der Waals surface area contributed by atoms with Crippen molar-refractivity contribution in [1.82, 2.24) is 4.98 Å². The van der Waals surface area contributed by atoms with Crippen LogP contribution in [0.5, 0.6) is 5.75 Å². The van der Waals surface area contributed by atoms with Gasteiger partial charge in [0.25, 0.3) is 0 Å². The molecule has 0 fully saturated rings. The minimum atomic E-state index is -0.556. The first-order valence-electron chi connectivity index (χ1n) is 6.31. The summed E-state index contributed by atoms with van der Waals surface area (Å²) in [6.45, 7) is 5.42. The molecule has 0 spiro atoms. The van der Waals surface area contributed by atoms with Gasteiger partial charge in [0.2, 0.25) is 0 Å². The third-order valence-electron chi connectivity index (χ3n) is 1.89. The first-order chi connectivity index (χ1) is 8.96. The van der Waals surface area contributed by atoms with E-state index in [0.29, 0.717) is 16.0 Å². The quantitative estimate of drug-likeness (QED) is 0.626. The Morgan fingerprint density at radius 3 is 2.45 bits per heavy atom. The predicted octanol–water partition coefficient (Wildman–Crippen LogP) is 0.0805. The Kier molecular flexibility index (Phi) is 5.18. The van der Waals surface area contributed by atoms with Gasteiger partial charge in [-0.05, 0) is 42.8 Å². The lowest BCUT2D eigenvalue weighted by atomic mass is 9.52. The van der Waals surface area contributed by atoms with Crippen LogP contribution in [0.4, 0.5) is 10.5 Å². The standard InChI is InChI=1S/C11H18B3BrN2O3/c1-10(2,3)20-9(18)17-6-4-8(15)16-5-7(6)19-11(12,13)14/h4-5H,12-14H2,1-3H3,(H,16,17,18). The number of hydrogen-bond acceptors (Lipinski definition) is 4. The van der Waals surface area contributed by atoms with E-state index < -0.39 is 11.7 Å². The number of carbonyl (C=O) groups is 1. The maximum atomic E-state index is 11.8. The lowest BCUT2D eigenvalue weighted by Gasteiger charge is -2.24. The van der Waals surface area contributed by atoms with Gasteiger partial charge < -0.3 is 9.47 Å². The molecule has 1 aromatic rings. The molecule has 1 aromatic heterocycles. The fourth-order valence-corrected chi connectivity index (χ4v) is 1.67. The van der Waals surface area contributed by atoms with Crippen LogP contribution in [0.2, 0.25) is 0 Å². The summed E-state index contributed by atoms with van der Waals surface area (Å²) in [6.07, 6.45) is 1.02. The Hall–Kier alpha value is -1.11.